The van der Waals surface area contributed by atoms with Crippen molar-refractivity contribution in [3.63, 3.8) is 0 Å². The van der Waals surface area contributed by atoms with Crippen LogP contribution in [0, 0.1) is 0 Å². The van der Waals surface area contributed by atoms with Gasteiger partial charge in [0, 0.05) is 47.6 Å². The van der Waals surface area contributed by atoms with E-state index in [2.05, 4.69) is 15.2 Å². The zero-order valence-corrected chi connectivity index (χ0v) is 12.1. The highest BCUT2D eigenvalue weighted by Gasteiger charge is 2.03. The number of rotatable bonds is 7. The summed E-state index contributed by atoms with van der Waals surface area (Å²) in [5, 5.41) is 5.44. The Kier molecular flexibility index (Phi) is 5.15. The summed E-state index contributed by atoms with van der Waals surface area (Å²) in [6, 6.07) is 5.83. The second kappa shape index (κ2) is 7.07. The summed E-state index contributed by atoms with van der Waals surface area (Å²) in [6.45, 7) is 3.13. The fourth-order valence-electron chi connectivity index (χ4n) is 1.97. The molecule has 0 aliphatic carbocycles. The number of hydrogen-bond donors (Lipinski definition) is 2. The molecule has 3 N–H and O–H groups in total. The number of benzene rings is 1. The third kappa shape index (κ3) is 3.82. The van der Waals surface area contributed by atoms with Crippen molar-refractivity contribution in [3.05, 3.63) is 30.6 Å². The van der Waals surface area contributed by atoms with Crippen molar-refractivity contribution in [2.75, 3.05) is 51.4 Å². The van der Waals surface area contributed by atoms with E-state index in [0.717, 1.165) is 41.8 Å². The molecule has 0 unspecified atom stereocenters. The van der Waals surface area contributed by atoms with Crippen LogP contribution in [0.2, 0.25) is 0 Å². The molecule has 0 spiro atoms. The van der Waals surface area contributed by atoms with Gasteiger partial charge in [-0.05, 0) is 32.3 Å². The Morgan fingerprint density at radius 3 is 2.85 bits per heavy atom. The average Bonchev–Trinajstić information content (AvgIpc) is 2.45. The van der Waals surface area contributed by atoms with Gasteiger partial charge in [0.05, 0.1) is 13.2 Å². The first-order valence-electron chi connectivity index (χ1n) is 6.77. The number of aromatic nitrogens is 1. The minimum Gasteiger partial charge on any atom is -0.398 e. The number of likely N-dealkylation sites (N-methyl/N-ethyl adjacent to an activating group) is 1. The fourth-order valence-corrected chi connectivity index (χ4v) is 1.97. The lowest BCUT2D eigenvalue weighted by Crippen LogP contribution is -2.20. The third-order valence-corrected chi connectivity index (χ3v) is 3.10. The normalized spacial score (nSPS) is 11.2. The van der Waals surface area contributed by atoms with Crippen LogP contribution in [0.3, 0.4) is 0 Å². The lowest BCUT2D eigenvalue weighted by Gasteiger charge is -2.12. The van der Waals surface area contributed by atoms with E-state index >= 15 is 0 Å². The summed E-state index contributed by atoms with van der Waals surface area (Å²) in [5.41, 5.74) is 7.78. The van der Waals surface area contributed by atoms with Crippen LogP contribution in [0.4, 0.5) is 11.4 Å². The van der Waals surface area contributed by atoms with Crippen molar-refractivity contribution in [1.82, 2.24) is 9.88 Å². The van der Waals surface area contributed by atoms with Crippen molar-refractivity contribution < 1.29 is 4.74 Å². The Morgan fingerprint density at radius 1 is 1.20 bits per heavy atom. The standard InChI is InChI=1S/C15H22N4O/c1-19(2)8-10-20-9-7-18-15-4-3-14(16)12-5-6-17-11-13(12)15/h3-6,11,18H,7-10,16H2,1-2H3. The molecule has 1 heterocycles. The third-order valence-electron chi connectivity index (χ3n) is 3.10. The molecule has 1 aromatic heterocycles. The molecule has 0 radical (unpaired) electrons. The van der Waals surface area contributed by atoms with Crippen molar-refractivity contribution in [2.24, 2.45) is 0 Å². The van der Waals surface area contributed by atoms with Crippen molar-refractivity contribution in [3.8, 4) is 0 Å². The molecule has 5 nitrogen and oxygen atoms in total. The molecule has 0 aliphatic heterocycles. The molecule has 0 bridgehead atoms. The molecule has 0 atom stereocenters. The van der Waals surface area contributed by atoms with Gasteiger partial charge in [0.15, 0.2) is 0 Å². The van der Waals surface area contributed by atoms with Crippen LogP contribution in [-0.2, 0) is 4.74 Å². The summed E-state index contributed by atoms with van der Waals surface area (Å²) in [6.07, 6.45) is 3.59. The van der Waals surface area contributed by atoms with E-state index in [1.165, 1.54) is 0 Å². The quantitative estimate of drug-likeness (QED) is 0.595. The predicted octanol–water partition coefficient (Wildman–Crippen LogP) is 1.81. The number of ether oxygens (including phenoxy) is 1. The number of pyridine rings is 1. The van der Waals surface area contributed by atoms with Crippen molar-refractivity contribution in [2.45, 2.75) is 0 Å². The lowest BCUT2D eigenvalue weighted by atomic mass is 10.1. The van der Waals surface area contributed by atoms with Crippen LogP contribution in [0.15, 0.2) is 30.6 Å². The first-order valence-corrected chi connectivity index (χ1v) is 6.77. The van der Waals surface area contributed by atoms with Crippen LogP contribution < -0.4 is 11.1 Å². The number of anilines is 2. The molecule has 2 rings (SSSR count). The van der Waals surface area contributed by atoms with Gasteiger partial charge in [-0.25, -0.2) is 0 Å². The van der Waals surface area contributed by atoms with Crippen LogP contribution in [0.25, 0.3) is 10.8 Å². The van der Waals surface area contributed by atoms with E-state index in [1.807, 2.05) is 38.5 Å². The molecule has 0 saturated carbocycles. The van der Waals surface area contributed by atoms with Gasteiger partial charge in [-0.1, -0.05) is 0 Å². The Morgan fingerprint density at radius 2 is 2.05 bits per heavy atom. The number of fused-ring (bicyclic) bond motifs is 1. The minimum absolute atomic E-state index is 0.681. The molecular formula is C15H22N4O. The van der Waals surface area contributed by atoms with Gasteiger partial charge in [-0.3, -0.25) is 4.98 Å². The van der Waals surface area contributed by atoms with E-state index < -0.39 is 0 Å². The fraction of sp³-hybridized carbons (Fsp3) is 0.400. The van der Waals surface area contributed by atoms with Crippen LogP contribution in [0.1, 0.15) is 0 Å². The second-order valence-electron chi connectivity index (χ2n) is 4.97. The van der Waals surface area contributed by atoms with Gasteiger partial charge >= 0.3 is 0 Å². The molecule has 0 amide bonds. The van der Waals surface area contributed by atoms with Crippen molar-refractivity contribution in [1.29, 1.82) is 0 Å². The minimum atomic E-state index is 0.681. The van der Waals surface area contributed by atoms with E-state index in [1.54, 1.807) is 6.20 Å². The van der Waals surface area contributed by atoms with E-state index in [-0.39, 0.29) is 0 Å². The molecule has 1 aromatic carbocycles. The molecule has 0 saturated heterocycles. The Bertz CT molecular complexity index is 557. The smallest absolute Gasteiger partial charge is 0.0639 e. The number of nitrogens with one attached hydrogen (secondary N) is 1. The first kappa shape index (κ1) is 14.6. The zero-order valence-electron chi connectivity index (χ0n) is 12.1. The summed E-state index contributed by atoms with van der Waals surface area (Å²) in [7, 11) is 4.07. The number of nitrogens with zero attached hydrogens (tertiary/aromatic N) is 2. The summed E-state index contributed by atoms with van der Waals surface area (Å²) in [5.74, 6) is 0. The molecule has 0 aliphatic rings. The maximum absolute atomic E-state index is 5.96. The highest BCUT2D eigenvalue weighted by atomic mass is 16.5. The Hall–Kier alpha value is -1.85. The van der Waals surface area contributed by atoms with Crippen LogP contribution in [0.5, 0.6) is 0 Å². The van der Waals surface area contributed by atoms with Crippen LogP contribution in [-0.4, -0.2) is 50.3 Å². The summed E-state index contributed by atoms with van der Waals surface area (Å²) < 4.78 is 5.56. The van der Waals surface area contributed by atoms with E-state index in [4.69, 9.17) is 10.5 Å². The topological polar surface area (TPSA) is 63.4 Å². The first-order chi connectivity index (χ1) is 9.68. The summed E-state index contributed by atoms with van der Waals surface area (Å²) in [4.78, 5) is 6.26. The molecule has 108 valence electrons. The van der Waals surface area contributed by atoms with Gasteiger partial charge in [0.2, 0.25) is 0 Å². The monoisotopic (exact) mass is 274 g/mol. The molecule has 0 fully saturated rings. The van der Waals surface area contributed by atoms with Gasteiger partial charge < -0.3 is 20.7 Å². The van der Waals surface area contributed by atoms with Gasteiger partial charge in [-0.2, -0.15) is 0 Å². The van der Waals surface area contributed by atoms with Gasteiger partial charge in [0.25, 0.3) is 0 Å². The largest absolute Gasteiger partial charge is 0.398 e. The highest BCUT2D eigenvalue weighted by Crippen LogP contribution is 2.27. The average molecular weight is 274 g/mol. The molecule has 20 heavy (non-hydrogen) atoms. The summed E-state index contributed by atoms with van der Waals surface area (Å²) >= 11 is 0. The molecule has 2 aromatic rings. The maximum Gasteiger partial charge on any atom is 0.0639 e. The predicted molar refractivity (Wildman–Crippen MR) is 84.0 cm³/mol. The number of nitrogens with two attached hydrogens (primary N) is 1. The van der Waals surface area contributed by atoms with Crippen molar-refractivity contribution >= 4 is 22.1 Å². The maximum atomic E-state index is 5.96. The van der Waals surface area contributed by atoms with E-state index in [9.17, 15) is 0 Å². The molecule has 5 heteroatoms. The van der Waals surface area contributed by atoms with E-state index in [0.29, 0.717) is 6.61 Å². The molecular weight excluding hydrogens is 252 g/mol. The lowest BCUT2D eigenvalue weighted by molar-refractivity contribution is 0.126. The number of hydrogen-bond acceptors (Lipinski definition) is 5. The van der Waals surface area contributed by atoms with Crippen LogP contribution >= 0.6 is 0 Å². The SMILES string of the molecule is CN(C)CCOCCNc1ccc(N)c2ccncc12. The number of nitrogen functional groups attached to an aromatic ring is 1. The van der Waals surface area contributed by atoms with Gasteiger partial charge in [-0.15, -0.1) is 0 Å². The Labute approximate surface area is 119 Å². The Balaban J connectivity index is 1.89. The van der Waals surface area contributed by atoms with Gasteiger partial charge in [0.1, 0.15) is 0 Å². The zero-order chi connectivity index (χ0) is 14.4. The highest BCUT2D eigenvalue weighted by molar-refractivity contribution is 6.00. The second-order valence-corrected chi connectivity index (χ2v) is 4.97.